The van der Waals surface area contributed by atoms with E-state index in [9.17, 15) is 9.59 Å². The molecule has 1 atom stereocenters. The number of rotatable bonds is 5. The van der Waals surface area contributed by atoms with Crippen LogP contribution in [-0.2, 0) is 22.6 Å². The lowest BCUT2D eigenvalue weighted by Crippen LogP contribution is -2.42. The number of carbonyl (C=O) groups excluding carboxylic acids is 1. The van der Waals surface area contributed by atoms with Gasteiger partial charge in [0.15, 0.2) is 0 Å². The Labute approximate surface area is 183 Å². The maximum Gasteiger partial charge on any atom is 0.258 e. The Kier molecular flexibility index (Phi) is 5.36. The molecule has 0 bridgehead atoms. The van der Waals surface area contributed by atoms with Gasteiger partial charge in [-0.2, -0.15) is 0 Å². The first-order valence-corrected chi connectivity index (χ1v) is 11.0. The summed E-state index contributed by atoms with van der Waals surface area (Å²) in [5.41, 5.74) is 2.69. The summed E-state index contributed by atoms with van der Waals surface area (Å²) in [6.45, 7) is 0.652. The highest BCUT2D eigenvalue weighted by Gasteiger charge is 2.32. The highest BCUT2D eigenvalue weighted by molar-refractivity contribution is 7.10. The quantitative estimate of drug-likeness (QED) is 0.523. The van der Waals surface area contributed by atoms with E-state index in [1.807, 2.05) is 29.2 Å². The van der Waals surface area contributed by atoms with Crippen molar-refractivity contribution >= 4 is 28.1 Å². The zero-order valence-electron chi connectivity index (χ0n) is 16.8. The molecule has 1 aliphatic heterocycles. The fourth-order valence-electron chi connectivity index (χ4n) is 4.10. The van der Waals surface area contributed by atoms with Crippen molar-refractivity contribution in [3.8, 4) is 0 Å². The Hall–Kier alpha value is -3.29. The Bertz CT molecular complexity index is 1280. The van der Waals surface area contributed by atoms with Crippen LogP contribution in [0, 0.1) is 0 Å². The summed E-state index contributed by atoms with van der Waals surface area (Å²) in [5.74, 6) is 0.337. The third kappa shape index (κ3) is 3.89. The lowest BCUT2D eigenvalue weighted by atomic mass is 9.93. The maximum atomic E-state index is 13.1. The lowest BCUT2D eigenvalue weighted by Gasteiger charge is -2.36. The number of aromatic nitrogens is 2. The number of thiophene rings is 1. The van der Waals surface area contributed by atoms with Gasteiger partial charge in [0.05, 0.1) is 16.9 Å². The van der Waals surface area contributed by atoms with Gasteiger partial charge in [-0.3, -0.25) is 9.59 Å². The molecule has 0 saturated carbocycles. The Morgan fingerprint density at radius 1 is 1.13 bits per heavy atom. The number of hydrogen-bond acceptors (Lipinski definition) is 5. The van der Waals surface area contributed by atoms with Crippen molar-refractivity contribution in [2.24, 2.45) is 0 Å². The molecule has 6 nitrogen and oxygen atoms in total. The number of nitrogens with one attached hydrogen (secondary N) is 1. The van der Waals surface area contributed by atoms with Crippen molar-refractivity contribution in [1.82, 2.24) is 14.9 Å². The molecule has 0 unspecified atom stereocenters. The van der Waals surface area contributed by atoms with Crippen molar-refractivity contribution in [3.05, 3.63) is 98.2 Å². The second-order valence-electron chi connectivity index (χ2n) is 7.47. The molecule has 1 N–H and O–H groups in total. The first-order valence-electron chi connectivity index (χ1n) is 10.2. The van der Waals surface area contributed by atoms with E-state index >= 15 is 0 Å². The molecule has 2 aromatic carbocycles. The van der Waals surface area contributed by atoms with Crippen LogP contribution in [0.4, 0.5) is 0 Å². The van der Waals surface area contributed by atoms with Crippen molar-refractivity contribution in [3.63, 3.8) is 0 Å². The monoisotopic (exact) mass is 431 g/mol. The molecule has 5 rings (SSSR count). The standard InChI is InChI=1S/C24H21N3O3S/c28-22(15-30-14-21-25-19-9-5-4-8-17(19)24(29)26-21)27-12-10-20-18(11-13-31-20)23(27)16-6-2-1-3-7-16/h1-9,11,13,23H,10,12,14-15H2,(H,25,26,29)/t23-/m1/s1. The highest BCUT2D eigenvalue weighted by atomic mass is 32.1. The number of H-pyrrole nitrogens is 1. The van der Waals surface area contributed by atoms with Crippen LogP contribution in [0.25, 0.3) is 10.9 Å². The summed E-state index contributed by atoms with van der Waals surface area (Å²) >= 11 is 1.74. The molecule has 156 valence electrons. The topological polar surface area (TPSA) is 75.3 Å². The Morgan fingerprint density at radius 2 is 1.94 bits per heavy atom. The Morgan fingerprint density at radius 3 is 2.81 bits per heavy atom. The van der Waals surface area contributed by atoms with E-state index in [-0.39, 0.29) is 30.7 Å². The number of nitrogens with zero attached hydrogens (tertiary/aromatic N) is 2. The molecule has 0 fully saturated rings. The third-order valence-electron chi connectivity index (χ3n) is 5.53. The van der Waals surface area contributed by atoms with Crippen LogP contribution in [0.2, 0.25) is 0 Å². The summed E-state index contributed by atoms with van der Waals surface area (Å²) in [6.07, 6.45) is 0.849. The molecule has 31 heavy (non-hydrogen) atoms. The first kappa shape index (κ1) is 19.7. The summed E-state index contributed by atoms with van der Waals surface area (Å²) in [4.78, 5) is 35.7. The van der Waals surface area contributed by atoms with E-state index < -0.39 is 0 Å². The average Bonchev–Trinajstić information content (AvgIpc) is 3.28. The number of fused-ring (bicyclic) bond motifs is 2. The van der Waals surface area contributed by atoms with Gasteiger partial charge in [0.1, 0.15) is 19.0 Å². The normalized spacial score (nSPS) is 15.7. The predicted octanol–water partition coefficient (Wildman–Crippen LogP) is 3.68. The number of carbonyl (C=O) groups is 1. The molecule has 3 heterocycles. The van der Waals surface area contributed by atoms with E-state index in [1.54, 1.807) is 29.5 Å². The van der Waals surface area contributed by atoms with Gasteiger partial charge in [0.25, 0.3) is 5.56 Å². The molecular formula is C24H21N3O3S. The molecule has 1 amide bonds. The molecule has 2 aromatic heterocycles. The molecule has 0 spiro atoms. The average molecular weight is 432 g/mol. The molecule has 4 aromatic rings. The van der Waals surface area contributed by atoms with Crippen molar-refractivity contribution < 1.29 is 9.53 Å². The van der Waals surface area contributed by atoms with Crippen LogP contribution in [-0.4, -0.2) is 33.9 Å². The number of para-hydroxylation sites is 1. The Balaban J connectivity index is 1.31. The van der Waals surface area contributed by atoms with Gasteiger partial charge in [0, 0.05) is 11.4 Å². The molecule has 0 aliphatic carbocycles. The van der Waals surface area contributed by atoms with E-state index in [2.05, 4.69) is 33.5 Å². The van der Waals surface area contributed by atoms with Crippen LogP contribution in [0.1, 0.15) is 27.9 Å². The van der Waals surface area contributed by atoms with Gasteiger partial charge in [-0.05, 0) is 41.1 Å². The zero-order valence-corrected chi connectivity index (χ0v) is 17.6. The lowest BCUT2D eigenvalue weighted by molar-refractivity contribution is -0.138. The van der Waals surface area contributed by atoms with E-state index in [0.717, 1.165) is 12.0 Å². The molecular weight excluding hydrogens is 410 g/mol. The van der Waals surface area contributed by atoms with Gasteiger partial charge >= 0.3 is 0 Å². The van der Waals surface area contributed by atoms with Gasteiger partial charge in [0.2, 0.25) is 5.91 Å². The number of aromatic amines is 1. The number of benzene rings is 2. The predicted molar refractivity (Wildman–Crippen MR) is 120 cm³/mol. The summed E-state index contributed by atoms with van der Waals surface area (Å²) in [7, 11) is 0. The van der Waals surface area contributed by atoms with Crippen LogP contribution in [0.15, 0.2) is 70.8 Å². The van der Waals surface area contributed by atoms with Crippen molar-refractivity contribution in [1.29, 1.82) is 0 Å². The second-order valence-corrected chi connectivity index (χ2v) is 8.47. The van der Waals surface area contributed by atoms with Crippen LogP contribution < -0.4 is 5.56 Å². The summed E-state index contributed by atoms with van der Waals surface area (Å²) < 4.78 is 5.67. The SMILES string of the molecule is O=C(COCc1nc2ccccc2c(=O)[nH]1)N1CCc2sccc2[C@H]1c1ccccc1. The van der Waals surface area contributed by atoms with Gasteiger partial charge in [-0.15, -0.1) is 11.3 Å². The first-order chi connectivity index (χ1) is 15.2. The van der Waals surface area contributed by atoms with Gasteiger partial charge in [-0.1, -0.05) is 42.5 Å². The van der Waals surface area contributed by atoms with E-state index in [1.165, 1.54) is 10.4 Å². The molecule has 1 aliphatic rings. The van der Waals surface area contributed by atoms with Gasteiger partial charge in [-0.25, -0.2) is 4.98 Å². The minimum Gasteiger partial charge on any atom is -0.364 e. The molecule has 0 radical (unpaired) electrons. The van der Waals surface area contributed by atoms with Crippen LogP contribution >= 0.6 is 11.3 Å². The summed E-state index contributed by atoms with van der Waals surface area (Å²) in [6, 6.07) is 19.2. The number of hydrogen-bond donors (Lipinski definition) is 1. The molecule has 0 saturated heterocycles. The van der Waals surface area contributed by atoms with Crippen molar-refractivity contribution in [2.45, 2.75) is 19.1 Å². The fraction of sp³-hybridized carbons (Fsp3) is 0.208. The van der Waals surface area contributed by atoms with E-state index in [4.69, 9.17) is 4.74 Å². The summed E-state index contributed by atoms with van der Waals surface area (Å²) in [5, 5.41) is 2.63. The van der Waals surface area contributed by atoms with E-state index in [0.29, 0.717) is 23.3 Å². The van der Waals surface area contributed by atoms with Gasteiger partial charge < -0.3 is 14.6 Å². The smallest absolute Gasteiger partial charge is 0.258 e. The number of ether oxygens (including phenoxy) is 1. The minimum absolute atomic E-state index is 0.0688. The second kappa shape index (κ2) is 8.45. The number of amides is 1. The third-order valence-corrected chi connectivity index (χ3v) is 6.52. The minimum atomic E-state index is -0.208. The van der Waals surface area contributed by atoms with Crippen LogP contribution in [0.3, 0.4) is 0 Å². The van der Waals surface area contributed by atoms with Crippen molar-refractivity contribution in [2.75, 3.05) is 13.2 Å². The maximum absolute atomic E-state index is 13.1. The largest absolute Gasteiger partial charge is 0.364 e. The fourth-order valence-corrected chi connectivity index (χ4v) is 5.00. The zero-order chi connectivity index (χ0) is 21.2. The molecule has 7 heteroatoms. The van der Waals surface area contributed by atoms with Crippen LogP contribution in [0.5, 0.6) is 0 Å². The highest BCUT2D eigenvalue weighted by Crippen LogP contribution is 2.37.